The Bertz CT molecular complexity index is 795. The number of nitrogens with one attached hydrogen (secondary N) is 1. The highest BCUT2D eigenvalue weighted by atomic mass is 16.6. The van der Waals surface area contributed by atoms with Crippen molar-refractivity contribution in [1.82, 2.24) is 5.32 Å². The van der Waals surface area contributed by atoms with Crippen molar-refractivity contribution in [3.05, 3.63) is 59.7 Å². The molecule has 1 aliphatic rings. The number of rotatable bonds is 6. The average Bonchev–Trinajstić information content (AvgIpc) is 2.99. The third-order valence-electron chi connectivity index (χ3n) is 4.57. The van der Waals surface area contributed by atoms with E-state index in [1.165, 1.54) is 0 Å². The highest BCUT2D eigenvalue weighted by molar-refractivity contribution is 6.41. The Balaban J connectivity index is 1.69. The summed E-state index contributed by atoms with van der Waals surface area (Å²) < 4.78 is 9.88. The molecule has 7 nitrogen and oxygen atoms in total. The van der Waals surface area contributed by atoms with Crippen molar-refractivity contribution >= 4 is 19.2 Å². The second-order valence-corrected chi connectivity index (χ2v) is 6.26. The second kappa shape index (κ2) is 8.24. The molecule has 0 unspecified atom stereocenters. The van der Waals surface area contributed by atoms with Crippen LogP contribution >= 0.6 is 0 Å². The Morgan fingerprint density at radius 2 is 1.63 bits per heavy atom. The van der Waals surface area contributed by atoms with Crippen LogP contribution in [0.2, 0.25) is 6.32 Å². The van der Waals surface area contributed by atoms with Crippen molar-refractivity contribution in [2.45, 2.75) is 18.3 Å². The number of ether oxygens (including phenoxy) is 2. The zero-order valence-corrected chi connectivity index (χ0v) is 14.8. The first kappa shape index (κ1) is 18.9. The first-order valence-electron chi connectivity index (χ1n) is 8.56. The lowest BCUT2D eigenvalue weighted by molar-refractivity contribution is -0.142. The Kier molecular flexibility index (Phi) is 5.78. The van der Waals surface area contributed by atoms with Gasteiger partial charge in [0.15, 0.2) is 0 Å². The number of fused-ring (bicyclic) bond motifs is 3. The molecule has 1 atom stereocenters. The lowest BCUT2D eigenvalue weighted by atomic mass is 9.82. The molecule has 0 heterocycles. The van der Waals surface area contributed by atoms with Crippen LogP contribution in [0.1, 0.15) is 17.0 Å². The van der Waals surface area contributed by atoms with E-state index in [0.29, 0.717) is 0 Å². The zero-order chi connectivity index (χ0) is 19.4. The number of hydrogen-bond donors (Lipinski definition) is 3. The molecule has 0 saturated heterocycles. The van der Waals surface area contributed by atoms with Gasteiger partial charge in [-0.2, -0.15) is 0 Å². The third kappa shape index (κ3) is 4.12. The molecule has 2 aromatic carbocycles. The molecule has 3 N–H and O–H groups in total. The van der Waals surface area contributed by atoms with Gasteiger partial charge in [-0.3, -0.25) is 0 Å². The maximum Gasteiger partial charge on any atom is 0.454 e. The molecule has 3 rings (SSSR count). The predicted molar refractivity (Wildman–Crippen MR) is 99.0 cm³/mol. The van der Waals surface area contributed by atoms with Gasteiger partial charge >= 0.3 is 19.2 Å². The molecule has 0 aliphatic heterocycles. The van der Waals surface area contributed by atoms with Gasteiger partial charge in [0, 0.05) is 12.2 Å². The maximum atomic E-state index is 12.1. The molecule has 0 bridgehead atoms. The summed E-state index contributed by atoms with van der Waals surface area (Å²) in [6.45, 7) is 0.0927. The summed E-state index contributed by atoms with van der Waals surface area (Å²) in [6, 6.07) is 14.7. The van der Waals surface area contributed by atoms with Crippen LogP contribution in [0, 0.1) is 0 Å². The fourth-order valence-electron chi connectivity index (χ4n) is 3.35. The molecule has 27 heavy (non-hydrogen) atoms. The van der Waals surface area contributed by atoms with E-state index >= 15 is 0 Å². The van der Waals surface area contributed by atoms with E-state index in [1.54, 1.807) is 0 Å². The fourth-order valence-corrected chi connectivity index (χ4v) is 3.35. The molecular formula is C19H20BNO6. The second-order valence-electron chi connectivity index (χ2n) is 6.26. The quantitative estimate of drug-likeness (QED) is 0.527. The number of hydrogen-bond acceptors (Lipinski definition) is 6. The van der Waals surface area contributed by atoms with Gasteiger partial charge in [0.2, 0.25) is 0 Å². The minimum atomic E-state index is -1.76. The summed E-state index contributed by atoms with van der Waals surface area (Å²) in [4.78, 5) is 23.8. The van der Waals surface area contributed by atoms with E-state index in [0.717, 1.165) is 29.4 Å². The highest BCUT2D eigenvalue weighted by Gasteiger charge is 2.30. The molecule has 8 heteroatoms. The Morgan fingerprint density at radius 3 is 2.15 bits per heavy atom. The van der Waals surface area contributed by atoms with Crippen molar-refractivity contribution in [2.24, 2.45) is 0 Å². The normalized spacial score (nSPS) is 13.3. The first-order chi connectivity index (χ1) is 13.0. The minimum absolute atomic E-state index is 0.0927. The number of methoxy groups -OCH3 is 1. The van der Waals surface area contributed by atoms with E-state index in [9.17, 15) is 9.59 Å². The molecule has 0 saturated carbocycles. The summed E-state index contributed by atoms with van der Waals surface area (Å²) in [5.74, 6) is -0.889. The molecule has 0 spiro atoms. The van der Waals surface area contributed by atoms with Crippen LogP contribution in [0.5, 0.6) is 0 Å². The van der Waals surface area contributed by atoms with Crippen molar-refractivity contribution in [1.29, 1.82) is 0 Å². The number of esters is 1. The van der Waals surface area contributed by atoms with Crippen LogP contribution in [0.3, 0.4) is 0 Å². The predicted octanol–water partition coefficient (Wildman–Crippen LogP) is 1.54. The van der Waals surface area contributed by atoms with Crippen LogP contribution in [-0.2, 0) is 14.3 Å². The zero-order valence-electron chi connectivity index (χ0n) is 14.8. The SMILES string of the molecule is COC(=O)[C@H](CB(O)O)NC(=O)OCC1c2ccccc2-c2ccccc21. The molecule has 0 fully saturated rings. The largest absolute Gasteiger partial charge is 0.468 e. The summed E-state index contributed by atoms with van der Waals surface area (Å²) in [5.41, 5.74) is 4.36. The lowest BCUT2D eigenvalue weighted by Crippen LogP contribution is -2.44. The molecule has 140 valence electrons. The van der Waals surface area contributed by atoms with Crippen LogP contribution in [-0.4, -0.2) is 49.0 Å². The van der Waals surface area contributed by atoms with Gasteiger partial charge in [-0.15, -0.1) is 0 Å². The molecule has 1 amide bonds. The van der Waals surface area contributed by atoms with Gasteiger partial charge in [0.25, 0.3) is 0 Å². The van der Waals surface area contributed by atoms with Gasteiger partial charge in [-0.25, -0.2) is 9.59 Å². The highest BCUT2D eigenvalue weighted by Crippen LogP contribution is 2.44. The number of alkyl carbamates (subject to hydrolysis) is 1. The number of carbonyl (C=O) groups excluding carboxylic acids is 2. The van der Waals surface area contributed by atoms with Crippen LogP contribution < -0.4 is 5.32 Å². The molecule has 0 radical (unpaired) electrons. The first-order valence-corrected chi connectivity index (χ1v) is 8.56. The Hall–Kier alpha value is -2.84. The summed E-state index contributed by atoms with van der Waals surface area (Å²) in [7, 11) is -0.610. The number of carbonyl (C=O) groups is 2. The maximum absolute atomic E-state index is 12.1. The molecular weight excluding hydrogens is 349 g/mol. The summed E-state index contributed by atoms with van der Waals surface area (Å²) in [5, 5.41) is 20.4. The average molecular weight is 369 g/mol. The van der Waals surface area contributed by atoms with E-state index < -0.39 is 31.5 Å². The van der Waals surface area contributed by atoms with E-state index in [1.807, 2.05) is 48.5 Å². The van der Waals surface area contributed by atoms with Gasteiger partial charge in [0.05, 0.1) is 7.11 Å². The Labute approximate surface area is 157 Å². The third-order valence-corrected chi connectivity index (χ3v) is 4.57. The van der Waals surface area contributed by atoms with Crippen molar-refractivity contribution in [3.8, 4) is 11.1 Å². The van der Waals surface area contributed by atoms with Crippen molar-refractivity contribution in [2.75, 3.05) is 13.7 Å². The van der Waals surface area contributed by atoms with Crippen molar-refractivity contribution in [3.63, 3.8) is 0 Å². The summed E-state index contributed by atoms with van der Waals surface area (Å²) in [6.07, 6.45) is -1.22. The topological polar surface area (TPSA) is 105 Å². The minimum Gasteiger partial charge on any atom is -0.468 e. The van der Waals surface area contributed by atoms with Gasteiger partial charge in [0.1, 0.15) is 12.6 Å². The van der Waals surface area contributed by atoms with Gasteiger partial charge in [-0.05, 0) is 22.3 Å². The van der Waals surface area contributed by atoms with Crippen LogP contribution in [0.25, 0.3) is 11.1 Å². The van der Waals surface area contributed by atoms with Gasteiger partial charge < -0.3 is 24.8 Å². The summed E-state index contributed by atoms with van der Waals surface area (Å²) >= 11 is 0. The van der Waals surface area contributed by atoms with Crippen molar-refractivity contribution < 1.29 is 29.1 Å². The fraction of sp³-hybridized carbons (Fsp3) is 0.263. The van der Waals surface area contributed by atoms with Crippen LogP contribution in [0.15, 0.2) is 48.5 Å². The smallest absolute Gasteiger partial charge is 0.454 e. The monoisotopic (exact) mass is 369 g/mol. The van der Waals surface area contributed by atoms with E-state index in [2.05, 4.69) is 10.1 Å². The molecule has 0 aromatic heterocycles. The molecule has 1 aliphatic carbocycles. The lowest BCUT2D eigenvalue weighted by Gasteiger charge is -2.18. The molecule has 2 aromatic rings. The van der Waals surface area contributed by atoms with E-state index in [-0.39, 0.29) is 12.5 Å². The number of benzene rings is 2. The van der Waals surface area contributed by atoms with Crippen LogP contribution in [0.4, 0.5) is 4.79 Å². The van der Waals surface area contributed by atoms with Gasteiger partial charge in [-0.1, -0.05) is 48.5 Å². The van der Waals surface area contributed by atoms with E-state index in [4.69, 9.17) is 14.8 Å². The number of amides is 1. The Morgan fingerprint density at radius 1 is 1.07 bits per heavy atom. The standard InChI is InChI=1S/C19H20BNO6/c1-26-18(22)17(10-20(24)25)21-19(23)27-11-16-14-8-4-2-6-12(14)13-7-3-5-9-15(13)16/h2-9,16-17,24-25H,10-11H2,1H3,(H,21,23)/t17-/m0/s1.